The third kappa shape index (κ3) is 1.33. The van der Waals surface area contributed by atoms with Gasteiger partial charge in [-0.2, -0.15) is 0 Å². The molecule has 9 heavy (non-hydrogen) atoms. The Kier molecular flexibility index (Phi) is 2.29. The number of hydrogen-bond donors (Lipinski definition) is 1. The molecule has 1 nitrogen and oxygen atoms in total. The predicted octanol–water partition coefficient (Wildman–Crippen LogP) is 1.73. The van der Waals surface area contributed by atoms with E-state index in [4.69, 9.17) is 5.11 Å². The number of rotatable bonds is 0. The average molecular weight is 126 g/mol. The lowest BCUT2D eigenvalue weighted by molar-refractivity contribution is 0.399. The number of hydrogen-bond acceptors (Lipinski definition) is 1. The van der Waals surface area contributed by atoms with Gasteiger partial charge in [-0.1, -0.05) is 11.6 Å². The summed E-state index contributed by atoms with van der Waals surface area (Å²) in [5, 5.41) is 7.00. The van der Waals surface area contributed by atoms with Crippen molar-refractivity contribution in [1.29, 1.82) is 0 Å². The van der Waals surface area contributed by atoms with Gasteiger partial charge in [0.05, 0.1) is 0 Å². The maximum atomic E-state index is 7.00. The molecule has 1 heteroatoms. The standard InChI is InChI=1S/C7H10.CH4O/c1-2-7-4-3-6(1)5-7;1-2/h1,7H,2-5H2;2H,1H3. The summed E-state index contributed by atoms with van der Waals surface area (Å²) in [6.07, 6.45) is 8.18. The van der Waals surface area contributed by atoms with Crippen LogP contribution in [0.3, 0.4) is 0 Å². The molecule has 1 fully saturated rings. The summed E-state index contributed by atoms with van der Waals surface area (Å²) in [5.74, 6) is 1.08. The van der Waals surface area contributed by atoms with E-state index in [1.807, 2.05) is 0 Å². The van der Waals surface area contributed by atoms with E-state index in [1.165, 1.54) is 25.7 Å². The number of fused-ring (bicyclic) bond motifs is 2. The van der Waals surface area contributed by atoms with Crippen LogP contribution < -0.4 is 0 Å². The highest BCUT2D eigenvalue weighted by Gasteiger charge is 2.22. The lowest BCUT2D eigenvalue weighted by atomic mass is 10.1. The van der Waals surface area contributed by atoms with E-state index in [0.29, 0.717) is 0 Å². The van der Waals surface area contributed by atoms with Gasteiger partial charge >= 0.3 is 0 Å². The first-order valence-corrected chi connectivity index (χ1v) is 3.58. The second-order valence-corrected chi connectivity index (χ2v) is 2.71. The van der Waals surface area contributed by atoms with Crippen LogP contribution in [0.1, 0.15) is 25.7 Å². The highest BCUT2D eigenvalue weighted by molar-refractivity contribution is 5.15. The van der Waals surface area contributed by atoms with Crippen LogP contribution >= 0.6 is 0 Å². The highest BCUT2D eigenvalue weighted by atomic mass is 16.2. The Morgan fingerprint density at radius 3 is 2.44 bits per heavy atom. The smallest absolute Gasteiger partial charge is 0.0319 e. The normalized spacial score (nSPS) is 29.1. The van der Waals surface area contributed by atoms with Gasteiger partial charge in [-0.25, -0.2) is 0 Å². The summed E-state index contributed by atoms with van der Waals surface area (Å²) in [4.78, 5) is 0. The van der Waals surface area contributed by atoms with E-state index < -0.39 is 0 Å². The summed E-state index contributed by atoms with van der Waals surface area (Å²) < 4.78 is 0. The Labute approximate surface area is 56.4 Å². The molecule has 2 bridgehead atoms. The van der Waals surface area contributed by atoms with Crippen molar-refractivity contribution in [2.24, 2.45) is 5.92 Å². The van der Waals surface area contributed by atoms with Crippen LogP contribution in [-0.2, 0) is 0 Å². The molecule has 0 amide bonds. The van der Waals surface area contributed by atoms with Crippen LogP contribution in [0.25, 0.3) is 0 Å². The largest absolute Gasteiger partial charge is 0.400 e. The second kappa shape index (κ2) is 3.02. The van der Waals surface area contributed by atoms with Crippen molar-refractivity contribution in [3.8, 4) is 0 Å². The van der Waals surface area contributed by atoms with Crippen LogP contribution in [0.5, 0.6) is 0 Å². The second-order valence-electron chi connectivity index (χ2n) is 2.71. The molecule has 2 rings (SSSR count). The van der Waals surface area contributed by atoms with Gasteiger partial charge in [-0.3, -0.25) is 0 Å². The molecule has 0 spiro atoms. The Balaban J connectivity index is 0.000000186. The average Bonchev–Trinajstić information content (AvgIpc) is 2.53. The number of allylic oxidation sites excluding steroid dienone is 2. The maximum Gasteiger partial charge on any atom is 0.0319 e. The first kappa shape index (κ1) is 6.81. The molecule has 1 atom stereocenters. The van der Waals surface area contributed by atoms with Crippen LogP contribution in [-0.4, -0.2) is 12.2 Å². The fraction of sp³-hybridized carbons (Fsp3) is 0.750. The fourth-order valence-electron chi connectivity index (χ4n) is 1.68. The summed E-state index contributed by atoms with van der Waals surface area (Å²) in [6, 6.07) is 0. The van der Waals surface area contributed by atoms with E-state index in [2.05, 4.69) is 6.08 Å². The number of aliphatic hydroxyl groups excluding tert-OH is 1. The summed E-state index contributed by atoms with van der Waals surface area (Å²) in [5.41, 5.74) is 1.74. The molecule has 0 heterocycles. The van der Waals surface area contributed by atoms with Gasteiger partial charge in [-0.15, -0.1) is 0 Å². The Hall–Kier alpha value is -0.300. The first-order chi connectivity index (χ1) is 4.45. The maximum absolute atomic E-state index is 7.00. The third-order valence-electron chi connectivity index (χ3n) is 2.16. The third-order valence-corrected chi connectivity index (χ3v) is 2.16. The van der Waals surface area contributed by atoms with Gasteiger partial charge in [0.1, 0.15) is 0 Å². The van der Waals surface area contributed by atoms with Gasteiger partial charge in [0.25, 0.3) is 0 Å². The Bertz CT molecular complexity index is 116. The molecule has 0 aromatic heterocycles. The zero-order valence-corrected chi connectivity index (χ0v) is 5.93. The van der Waals surface area contributed by atoms with E-state index in [0.717, 1.165) is 13.0 Å². The molecule has 0 radical (unpaired) electrons. The predicted molar refractivity (Wildman–Crippen MR) is 38.2 cm³/mol. The van der Waals surface area contributed by atoms with Crippen molar-refractivity contribution in [1.82, 2.24) is 0 Å². The van der Waals surface area contributed by atoms with Crippen molar-refractivity contribution in [3.63, 3.8) is 0 Å². The minimum absolute atomic E-state index is 1.00. The molecule has 2 aliphatic carbocycles. The Morgan fingerprint density at radius 2 is 2.33 bits per heavy atom. The molecule has 0 aromatic rings. The summed E-state index contributed by atoms with van der Waals surface area (Å²) >= 11 is 0. The fourth-order valence-corrected chi connectivity index (χ4v) is 1.68. The van der Waals surface area contributed by atoms with Crippen molar-refractivity contribution in [2.75, 3.05) is 7.11 Å². The molecule has 0 aromatic carbocycles. The molecular weight excluding hydrogens is 112 g/mol. The molecule has 1 N–H and O–H groups in total. The summed E-state index contributed by atoms with van der Waals surface area (Å²) in [7, 11) is 1.00. The minimum atomic E-state index is 1.00. The van der Waals surface area contributed by atoms with E-state index >= 15 is 0 Å². The van der Waals surface area contributed by atoms with Crippen LogP contribution in [0.2, 0.25) is 0 Å². The van der Waals surface area contributed by atoms with Crippen LogP contribution in [0.4, 0.5) is 0 Å². The van der Waals surface area contributed by atoms with Gasteiger partial charge in [0, 0.05) is 7.11 Å². The zero-order chi connectivity index (χ0) is 6.69. The molecule has 52 valence electrons. The topological polar surface area (TPSA) is 20.2 Å². The van der Waals surface area contributed by atoms with E-state index in [9.17, 15) is 0 Å². The highest BCUT2D eigenvalue weighted by Crippen LogP contribution is 2.38. The van der Waals surface area contributed by atoms with Gasteiger partial charge in [0.15, 0.2) is 0 Å². The first-order valence-electron chi connectivity index (χ1n) is 3.58. The lowest BCUT2D eigenvalue weighted by Crippen LogP contribution is -1.85. The van der Waals surface area contributed by atoms with Crippen LogP contribution in [0, 0.1) is 5.92 Å². The SMILES string of the molecule is C1=C2CCC(C1)C2.CO. The lowest BCUT2D eigenvalue weighted by Gasteiger charge is -1.98. The van der Waals surface area contributed by atoms with Crippen LogP contribution in [0.15, 0.2) is 11.6 Å². The molecule has 1 saturated carbocycles. The van der Waals surface area contributed by atoms with Gasteiger partial charge in [-0.05, 0) is 31.6 Å². The monoisotopic (exact) mass is 126 g/mol. The molecule has 0 saturated heterocycles. The molecular formula is C8H14O. The van der Waals surface area contributed by atoms with Crippen molar-refractivity contribution >= 4 is 0 Å². The van der Waals surface area contributed by atoms with Gasteiger partial charge < -0.3 is 5.11 Å². The summed E-state index contributed by atoms with van der Waals surface area (Å²) in [6.45, 7) is 0. The zero-order valence-electron chi connectivity index (χ0n) is 5.93. The number of aliphatic hydroxyl groups is 1. The van der Waals surface area contributed by atoms with E-state index in [1.54, 1.807) is 5.57 Å². The Morgan fingerprint density at radius 1 is 1.56 bits per heavy atom. The van der Waals surface area contributed by atoms with Crippen molar-refractivity contribution in [3.05, 3.63) is 11.6 Å². The molecule has 0 aliphatic heterocycles. The van der Waals surface area contributed by atoms with E-state index in [-0.39, 0.29) is 0 Å². The quantitative estimate of drug-likeness (QED) is 0.490. The van der Waals surface area contributed by atoms with Crippen molar-refractivity contribution in [2.45, 2.75) is 25.7 Å². The van der Waals surface area contributed by atoms with Crippen molar-refractivity contribution < 1.29 is 5.11 Å². The van der Waals surface area contributed by atoms with Gasteiger partial charge in [0.2, 0.25) is 0 Å². The molecule has 2 aliphatic rings. The minimum Gasteiger partial charge on any atom is -0.400 e. The molecule has 1 unspecified atom stereocenters.